The van der Waals surface area contributed by atoms with Gasteiger partial charge in [-0.05, 0) is 51.3 Å². The second-order valence-electron chi connectivity index (χ2n) is 8.22. The number of aromatic nitrogens is 1. The molecule has 3 aromatic rings. The molecule has 1 heterocycles. The summed E-state index contributed by atoms with van der Waals surface area (Å²) in [4.78, 5) is 23.8. The van der Waals surface area contributed by atoms with E-state index in [0.29, 0.717) is 28.3 Å². The lowest BCUT2D eigenvalue weighted by Crippen LogP contribution is -2.22. The van der Waals surface area contributed by atoms with Crippen molar-refractivity contribution in [2.75, 3.05) is 7.11 Å². The molecule has 0 saturated carbocycles. The molecule has 0 spiro atoms. The molecule has 0 atom stereocenters. The number of carbonyl (C=O) groups excluding carboxylic acids is 1. The fourth-order valence-corrected chi connectivity index (χ4v) is 3.18. The molecule has 0 aliphatic carbocycles. The molecule has 33 heavy (non-hydrogen) atoms. The molecule has 176 valence electrons. The lowest BCUT2D eigenvalue weighted by atomic mass is 9.94. The largest absolute Gasteiger partial charge is 0.494 e. The highest BCUT2D eigenvalue weighted by Gasteiger charge is 2.22. The number of hydrogen-bond donors (Lipinski definition) is 1. The minimum Gasteiger partial charge on any atom is -0.494 e. The van der Waals surface area contributed by atoms with Crippen molar-refractivity contribution in [2.45, 2.75) is 39.7 Å². The van der Waals surface area contributed by atoms with Crippen LogP contribution in [0.3, 0.4) is 0 Å². The van der Waals surface area contributed by atoms with Crippen LogP contribution in [0.5, 0.6) is 5.75 Å². The highest BCUT2D eigenvalue weighted by molar-refractivity contribution is 5.98. The molecule has 7 heteroatoms. The lowest BCUT2D eigenvalue weighted by molar-refractivity contribution is -0.107. The molecule has 5 nitrogen and oxygen atoms in total. The molecule has 0 aliphatic heterocycles. The predicted octanol–water partition coefficient (Wildman–Crippen LogP) is 4.57. The number of pyridine rings is 1. The maximum atomic E-state index is 14.8. The minimum atomic E-state index is -1.11. The predicted molar refractivity (Wildman–Crippen MR) is 127 cm³/mol. The number of hydrogen-bond acceptors (Lipinski definition) is 4. The number of nitrogens with zero attached hydrogens (tertiary/aromatic N) is 1. The van der Waals surface area contributed by atoms with E-state index in [4.69, 9.17) is 9.84 Å². The number of aliphatic hydroxyl groups is 1. The zero-order chi connectivity index (χ0) is 25.5. The minimum absolute atomic E-state index is 0.0235. The van der Waals surface area contributed by atoms with Gasteiger partial charge >= 0.3 is 0 Å². The Kier molecular flexibility index (Phi) is 9.50. The van der Waals surface area contributed by atoms with Gasteiger partial charge in [-0.1, -0.05) is 17.7 Å². The second-order valence-corrected chi connectivity index (χ2v) is 8.22. The first-order valence-corrected chi connectivity index (χ1v) is 10.0. The molecule has 0 saturated heterocycles. The van der Waals surface area contributed by atoms with Crippen molar-refractivity contribution in [3.63, 3.8) is 0 Å². The number of terminal acetylenes is 1. The molecule has 0 radical (unpaired) electrons. The Morgan fingerprint density at radius 1 is 1.09 bits per heavy atom. The van der Waals surface area contributed by atoms with Crippen LogP contribution in [0.15, 0.2) is 35.1 Å². The highest BCUT2D eigenvalue weighted by Crippen LogP contribution is 2.35. The number of ether oxygens (including phenoxy) is 1. The summed E-state index contributed by atoms with van der Waals surface area (Å²) in [6.45, 7) is 7.07. The lowest BCUT2D eigenvalue weighted by Gasteiger charge is -2.17. The summed E-state index contributed by atoms with van der Waals surface area (Å²) in [5.41, 5.74) is 0.700. The van der Waals surface area contributed by atoms with E-state index < -0.39 is 17.2 Å². The molecule has 0 amide bonds. The number of rotatable bonds is 4. The maximum absolute atomic E-state index is 14.8. The first-order valence-electron chi connectivity index (χ1n) is 10.0. The van der Waals surface area contributed by atoms with Gasteiger partial charge in [-0.2, -0.15) is 4.39 Å². The van der Waals surface area contributed by atoms with Crippen LogP contribution in [0.1, 0.15) is 32.0 Å². The SMILES string of the molecule is C#C.CC(C)(C)O.COc1ccc(-c2c(CC=O)n(C)c(=O)c3cc(C)ccc23)c(F)c1F. The van der Waals surface area contributed by atoms with E-state index in [9.17, 15) is 18.4 Å². The second kappa shape index (κ2) is 11.4. The van der Waals surface area contributed by atoms with Gasteiger partial charge in [0.2, 0.25) is 5.82 Å². The van der Waals surface area contributed by atoms with Gasteiger partial charge in [-0.25, -0.2) is 4.39 Å². The van der Waals surface area contributed by atoms with Crippen molar-refractivity contribution in [2.24, 2.45) is 7.05 Å². The van der Waals surface area contributed by atoms with Crippen molar-refractivity contribution >= 4 is 17.1 Å². The van der Waals surface area contributed by atoms with Gasteiger partial charge in [-0.3, -0.25) is 4.79 Å². The summed E-state index contributed by atoms with van der Waals surface area (Å²) in [6.07, 6.45) is 8.54. The Balaban J connectivity index is 0.000000689. The van der Waals surface area contributed by atoms with Crippen LogP contribution in [0.4, 0.5) is 8.78 Å². The Bertz CT molecular complexity index is 1220. The van der Waals surface area contributed by atoms with Crippen molar-refractivity contribution in [3.05, 3.63) is 63.6 Å². The molecule has 0 fully saturated rings. The Labute approximate surface area is 192 Å². The third-order valence-electron chi connectivity index (χ3n) is 4.49. The van der Waals surface area contributed by atoms with E-state index in [1.54, 1.807) is 39.0 Å². The van der Waals surface area contributed by atoms with Gasteiger partial charge < -0.3 is 19.2 Å². The topological polar surface area (TPSA) is 68.5 Å². The van der Waals surface area contributed by atoms with E-state index in [-0.39, 0.29) is 23.3 Å². The molecule has 1 N–H and O–H groups in total. The number of aldehydes is 1. The number of methoxy groups -OCH3 is 1. The third kappa shape index (κ3) is 6.50. The standard InChI is InChI=1S/C20H17F2NO3.C4H10O.C2H2/c1-11-4-5-12-14(10-11)20(25)23(2)15(8-9-24)17(12)13-6-7-16(26-3)19(22)18(13)21;1-4(2,3)5;1-2/h4-7,9-10H,8H2,1-3H3;5H,1-3H3;1-2H. The summed E-state index contributed by atoms with van der Waals surface area (Å²) >= 11 is 0. The van der Waals surface area contributed by atoms with E-state index >= 15 is 0 Å². The van der Waals surface area contributed by atoms with Crippen LogP contribution < -0.4 is 10.3 Å². The number of carbonyl (C=O) groups is 1. The van der Waals surface area contributed by atoms with Gasteiger partial charge in [0.15, 0.2) is 11.6 Å². The average molecular weight is 458 g/mol. The van der Waals surface area contributed by atoms with E-state index in [1.807, 2.05) is 6.92 Å². The monoisotopic (exact) mass is 457 g/mol. The van der Waals surface area contributed by atoms with E-state index in [2.05, 4.69) is 12.8 Å². The number of benzene rings is 2. The van der Waals surface area contributed by atoms with Crippen LogP contribution in [-0.2, 0) is 18.3 Å². The molecule has 0 unspecified atom stereocenters. The van der Waals surface area contributed by atoms with E-state index in [0.717, 1.165) is 5.56 Å². The highest BCUT2D eigenvalue weighted by atomic mass is 19.2. The summed E-state index contributed by atoms with van der Waals surface area (Å²) in [6, 6.07) is 7.89. The normalized spacial score (nSPS) is 10.5. The first-order chi connectivity index (χ1) is 15.4. The van der Waals surface area contributed by atoms with Crippen LogP contribution >= 0.6 is 0 Å². The molecule has 1 aromatic heterocycles. The smallest absolute Gasteiger partial charge is 0.258 e. The number of fused-ring (bicyclic) bond motifs is 1. The average Bonchev–Trinajstić information content (AvgIpc) is 2.75. The summed E-state index contributed by atoms with van der Waals surface area (Å²) in [5.74, 6) is -2.42. The first kappa shape index (κ1) is 27.5. The van der Waals surface area contributed by atoms with Crippen molar-refractivity contribution < 1.29 is 23.4 Å². The molecule has 2 aromatic carbocycles. The Hall–Kier alpha value is -3.50. The molecule has 0 bridgehead atoms. The Morgan fingerprint density at radius 3 is 2.18 bits per heavy atom. The summed E-state index contributed by atoms with van der Waals surface area (Å²) in [5, 5.41) is 9.37. The van der Waals surface area contributed by atoms with Gasteiger partial charge in [0.1, 0.15) is 6.29 Å². The molecular weight excluding hydrogens is 428 g/mol. The maximum Gasteiger partial charge on any atom is 0.258 e. The molecule has 0 aliphatic rings. The van der Waals surface area contributed by atoms with E-state index in [1.165, 1.54) is 30.9 Å². The van der Waals surface area contributed by atoms with Crippen molar-refractivity contribution in [1.82, 2.24) is 4.57 Å². The van der Waals surface area contributed by atoms with Gasteiger partial charge in [0.05, 0.1) is 12.7 Å². The molecule has 3 rings (SSSR count). The van der Waals surface area contributed by atoms with Crippen molar-refractivity contribution in [1.29, 1.82) is 0 Å². The number of aryl methyl sites for hydroxylation is 1. The van der Waals surface area contributed by atoms with Crippen LogP contribution in [0.2, 0.25) is 0 Å². The van der Waals surface area contributed by atoms with Crippen LogP contribution in [-0.4, -0.2) is 28.7 Å². The van der Waals surface area contributed by atoms with Crippen LogP contribution in [0, 0.1) is 31.4 Å². The van der Waals surface area contributed by atoms with Gasteiger partial charge in [-0.15, -0.1) is 12.8 Å². The third-order valence-corrected chi connectivity index (χ3v) is 4.49. The fourth-order valence-electron chi connectivity index (χ4n) is 3.18. The van der Waals surface area contributed by atoms with Crippen molar-refractivity contribution in [3.8, 4) is 29.7 Å². The fraction of sp³-hybridized carbons (Fsp3) is 0.308. The Morgan fingerprint density at radius 2 is 1.67 bits per heavy atom. The van der Waals surface area contributed by atoms with Gasteiger partial charge in [0.25, 0.3) is 5.56 Å². The molecular formula is C26H29F2NO4. The summed E-state index contributed by atoms with van der Waals surface area (Å²) < 4.78 is 35.2. The zero-order valence-corrected chi connectivity index (χ0v) is 19.7. The summed E-state index contributed by atoms with van der Waals surface area (Å²) in [7, 11) is 2.77. The number of halogens is 2. The van der Waals surface area contributed by atoms with Gasteiger partial charge in [0, 0.05) is 35.7 Å². The van der Waals surface area contributed by atoms with Crippen LogP contribution in [0.25, 0.3) is 21.9 Å². The zero-order valence-electron chi connectivity index (χ0n) is 19.7. The quantitative estimate of drug-likeness (QED) is 0.460.